The fraction of sp³-hybridized carbons (Fsp3) is 0.346. The van der Waals surface area contributed by atoms with Crippen LogP contribution in [0.15, 0.2) is 53.1 Å². The van der Waals surface area contributed by atoms with Crippen molar-refractivity contribution >= 4 is 22.5 Å². The smallest absolute Gasteiger partial charge is 0.260 e. The van der Waals surface area contributed by atoms with Crippen LogP contribution in [0.25, 0.3) is 22.4 Å². The van der Waals surface area contributed by atoms with Gasteiger partial charge in [0.15, 0.2) is 6.61 Å². The zero-order chi connectivity index (χ0) is 23.5. The van der Waals surface area contributed by atoms with Crippen molar-refractivity contribution in [3.8, 4) is 17.2 Å². The summed E-state index contributed by atoms with van der Waals surface area (Å²) >= 11 is 0. The van der Waals surface area contributed by atoms with E-state index in [1.165, 1.54) is 10.9 Å². The molecule has 3 heterocycles. The van der Waals surface area contributed by atoms with E-state index >= 15 is 0 Å². The first-order chi connectivity index (χ1) is 16.6. The van der Waals surface area contributed by atoms with Gasteiger partial charge in [-0.05, 0) is 54.4 Å². The largest absolute Gasteiger partial charge is 0.484 e. The molecule has 0 aliphatic carbocycles. The highest BCUT2D eigenvalue weighted by Gasteiger charge is 2.22. The van der Waals surface area contributed by atoms with Crippen molar-refractivity contribution in [1.29, 1.82) is 0 Å². The number of carbonyl (C=O) groups is 1. The molecule has 0 radical (unpaired) electrons. The van der Waals surface area contributed by atoms with E-state index in [0.29, 0.717) is 24.9 Å². The number of carbonyl (C=O) groups excluding carboxylic acids is 1. The number of aromatic nitrogens is 3. The fourth-order valence-electron chi connectivity index (χ4n) is 4.40. The van der Waals surface area contributed by atoms with Gasteiger partial charge in [0, 0.05) is 61.5 Å². The van der Waals surface area contributed by atoms with Gasteiger partial charge in [-0.25, -0.2) is 0 Å². The van der Waals surface area contributed by atoms with Gasteiger partial charge in [-0.2, -0.15) is 0 Å². The highest BCUT2D eigenvalue weighted by atomic mass is 16.5. The lowest BCUT2D eigenvalue weighted by molar-refractivity contribution is -0.133. The Labute approximate surface area is 198 Å². The molecule has 176 valence electrons. The number of nitrogens with one attached hydrogen (secondary N) is 1. The molecule has 0 bridgehead atoms. The van der Waals surface area contributed by atoms with Gasteiger partial charge < -0.3 is 23.9 Å². The minimum atomic E-state index is 0.0182. The molecular weight excluding hydrogens is 430 g/mol. The standard InChI is InChI=1S/C26H29N5O3/c1-3-4-20-16-27-24-10-9-22(15-23(20)24)33-17-25(32)31-13-11-30(12-14-31)21-7-5-19(6-8-21)26-29-28-18(2)34-26/h5-10,15-16,27H,3-4,11-14,17H2,1-2H3. The predicted molar refractivity (Wildman–Crippen MR) is 131 cm³/mol. The highest BCUT2D eigenvalue weighted by molar-refractivity contribution is 5.85. The maximum Gasteiger partial charge on any atom is 0.260 e. The Bertz CT molecular complexity index is 1270. The number of anilines is 1. The van der Waals surface area contributed by atoms with E-state index in [9.17, 15) is 4.79 Å². The average molecular weight is 460 g/mol. The van der Waals surface area contributed by atoms with Crippen LogP contribution in [0.1, 0.15) is 24.8 Å². The lowest BCUT2D eigenvalue weighted by atomic mass is 10.1. The molecular formula is C26H29N5O3. The number of hydrogen-bond donors (Lipinski definition) is 1. The Hall–Kier alpha value is -3.81. The van der Waals surface area contributed by atoms with Crippen LogP contribution in [-0.4, -0.2) is 58.8 Å². The summed E-state index contributed by atoms with van der Waals surface area (Å²) in [6.07, 6.45) is 4.17. The number of aromatic amines is 1. The minimum Gasteiger partial charge on any atom is -0.484 e. The van der Waals surface area contributed by atoms with Crippen LogP contribution in [0.4, 0.5) is 5.69 Å². The molecule has 8 heteroatoms. The summed E-state index contributed by atoms with van der Waals surface area (Å²) in [6, 6.07) is 14.0. The van der Waals surface area contributed by atoms with Gasteiger partial charge in [-0.3, -0.25) is 4.79 Å². The summed E-state index contributed by atoms with van der Waals surface area (Å²) in [5.41, 5.74) is 4.39. The van der Waals surface area contributed by atoms with Crippen molar-refractivity contribution in [2.75, 3.05) is 37.7 Å². The molecule has 1 saturated heterocycles. The molecule has 1 N–H and O–H groups in total. The summed E-state index contributed by atoms with van der Waals surface area (Å²) in [7, 11) is 0. The van der Waals surface area contributed by atoms with Crippen molar-refractivity contribution in [1.82, 2.24) is 20.1 Å². The lowest BCUT2D eigenvalue weighted by Gasteiger charge is -2.36. The van der Waals surface area contributed by atoms with Gasteiger partial charge in [0.2, 0.25) is 11.8 Å². The molecule has 2 aromatic carbocycles. The number of benzene rings is 2. The first-order valence-corrected chi connectivity index (χ1v) is 11.8. The van der Waals surface area contributed by atoms with E-state index in [4.69, 9.17) is 9.15 Å². The maximum atomic E-state index is 12.8. The van der Waals surface area contributed by atoms with Gasteiger partial charge in [0.05, 0.1) is 0 Å². The number of aryl methyl sites for hydroxylation is 2. The number of ether oxygens (including phenoxy) is 1. The topological polar surface area (TPSA) is 87.5 Å². The second kappa shape index (κ2) is 9.59. The van der Waals surface area contributed by atoms with Crippen LogP contribution in [0, 0.1) is 6.92 Å². The summed E-state index contributed by atoms with van der Waals surface area (Å²) in [5.74, 6) is 1.82. The first-order valence-electron chi connectivity index (χ1n) is 11.8. The molecule has 5 rings (SSSR count). The maximum absolute atomic E-state index is 12.8. The lowest BCUT2D eigenvalue weighted by Crippen LogP contribution is -2.50. The normalized spacial score (nSPS) is 14.1. The van der Waals surface area contributed by atoms with E-state index < -0.39 is 0 Å². The molecule has 0 atom stereocenters. The number of piperazine rings is 1. The number of amides is 1. The Morgan fingerprint density at radius 3 is 2.59 bits per heavy atom. The van der Waals surface area contributed by atoms with Crippen LogP contribution in [-0.2, 0) is 11.2 Å². The summed E-state index contributed by atoms with van der Waals surface area (Å²) in [5, 5.41) is 9.11. The molecule has 1 aliphatic rings. The monoisotopic (exact) mass is 459 g/mol. The van der Waals surface area contributed by atoms with E-state index in [1.54, 1.807) is 6.92 Å². The zero-order valence-corrected chi connectivity index (χ0v) is 19.6. The SMILES string of the molecule is CCCc1c[nH]c2ccc(OCC(=O)N3CCN(c4ccc(-c5nnc(C)o5)cc4)CC3)cc12. The van der Waals surface area contributed by atoms with Crippen molar-refractivity contribution in [3.05, 3.63) is 60.1 Å². The predicted octanol–water partition coefficient (Wildman–Crippen LogP) is 4.21. The molecule has 0 saturated carbocycles. The highest BCUT2D eigenvalue weighted by Crippen LogP contribution is 2.25. The zero-order valence-electron chi connectivity index (χ0n) is 19.6. The molecule has 1 aliphatic heterocycles. The third kappa shape index (κ3) is 4.62. The first kappa shape index (κ1) is 22.0. The Balaban J connectivity index is 1.14. The minimum absolute atomic E-state index is 0.0182. The van der Waals surface area contributed by atoms with Gasteiger partial charge in [0.25, 0.3) is 5.91 Å². The van der Waals surface area contributed by atoms with Crippen LogP contribution in [0.5, 0.6) is 5.75 Å². The molecule has 0 unspecified atom stereocenters. The van der Waals surface area contributed by atoms with Crippen LogP contribution in [0.2, 0.25) is 0 Å². The van der Waals surface area contributed by atoms with E-state index in [0.717, 1.165) is 48.4 Å². The van der Waals surface area contributed by atoms with Crippen molar-refractivity contribution < 1.29 is 13.9 Å². The molecule has 0 spiro atoms. The van der Waals surface area contributed by atoms with Gasteiger partial charge in [-0.1, -0.05) is 13.3 Å². The van der Waals surface area contributed by atoms with Crippen molar-refractivity contribution in [2.45, 2.75) is 26.7 Å². The number of H-pyrrole nitrogens is 1. The third-order valence-electron chi connectivity index (χ3n) is 6.26. The van der Waals surface area contributed by atoms with Crippen LogP contribution < -0.4 is 9.64 Å². The molecule has 8 nitrogen and oxygen atoms in total. The molecule has 34 heavy (non-hydrogen) atoms. The third-order valence-corrected chi connectivity index (χ3v) is 6.26. The van der Waals surface area contributed by atoms with Crippen LogP contribution in [0.3, 0.4) is 0 Å². The quantitative estimate of drug-likeness (QED) is 0.446. The number of nitrogens with zero attached hydrogens (tertiary/aromatic N) is 4. The molecule has 1 amide bonds. The average Bonchev–Trinajstić information content (AvgIpc) is 3.49. The molecule has 4 aromatic rings. The van der Waals surface area contributed by atoms with Gasteiger partial charge >= 0.3 is 0 Å². The summed E-state index contributed by atoms with van der Waals surface area (Å²) in [4.78, 5) is 20.2. The molecule has 1 fully saturated rings. The second-order valence-corrected chi connectivity index (χ2v) is 8.60. The Morgan fingerprint density at radius 1 is 1.09 bits per heavy atom. The second-order valence-electron chi connectivity index (χ2n) is 8.60. The number of hydrogen-bond acceptors (Lipinski definition) is 6. The number of rotatable bonds is 7. The summed E-state index contributed by atoms with van der Waals surface area (Å²) in [6.45, 7) is 6.90. The Kier molecular flexibility index (Phi) is 6.20. The van der Waals surface area contributed by atoms with E-state index in [-0.39, 0.29) is 12.5 Å². The number of fused-ring (bicyclic) bond motifs is 1. The molecule has 2 aromatic heterocycles. The van der Waals surface area contributed by atoms with Gasteiger partial charge in [-0.15, -0.1) is 10.2 Å². The summed E-state index contributed by atoms with van der Waals surface area (Å²) < 4.78 is 11.4. The van der Waals surface area contributed by atoms with E-state index in [2.05, 4.69) is 45.3 Å². The van der Waals surface area contributed by atoms with Crippen LogP contribution >= 0.6 is 0 Å². The Morgan fingerprint density at radius 2 is 1.88 bits per heavy atom. The van der Waals surface area contributed by atoms with Gasteiger partial charge in [0.1, 0.15) is 5.75 Å². The van der Waals surface area contributed by atoms with Crippen molar-refractivity contribution in [3.63, 3.8) is 0 Å². The fourth-order valence-corrected chi connectivity index (χ4v) is 4.40. The van der Waals surface area contributed by atoms with E-state index in [1.807, 2.05) is 35.2 Å². The van der Waals surface area contributed by atoms with Crippen molar-refractivity contribution in [2.24, 2.45) is 0 Å².